The number of hydrogen-bond donors (Lipinski definition) is 1. The van der Waals surface area contributed by atoms with Crippen LogP contribution in [0.15, 0.2) is 18.3 Å². The van der Waals surface area contributed by atoms with Crippen LogP contribution < -0.4 is 0 Å². The molecule has 0 aliphatic rings. The largest absolute Gasteiger partial charge is 0.387 e. The van der Waals surface area contributed by atoms with Crippen LogP contribution in [-0.2, 0) is 0 Å². The summed E-state index contributed by atoms with van der Waals surface area (Å²) in [6.45, 7) is 2.25. The van der Waals surface area contributed by atoms with Gasteiger partial charge in [0.05, 0.1) is 18.0 Å². The Morgan fingerprint density at radius 1 is 0.952 bits per heavy atom. The molecular formula is C18H30FNO. The van der Waals surface area contributed by atoms with E-state index in [9.17, 15) is 9.50 Å². The quantitative estimate of drug-likeness (QED) is 0.512. The molecule has 0 radical (unpaired) electrons. The lowest BCUT2D eigenvalue weighted by atomic mass is 10.0. The molecule has 0 bridgehead atoms. The van der Waals surface area contributed by atoms with Gasteiger partial charge in [0.25, 0.3) is 0 Å². The maximum atomic E-state index is 12.7. The molecule has 1 atom stereocenters. The first-order valence-corrected chi connectivity index (χ1v) is 8.53. The zero-order chi connectivity index (χ0) is 15.3. The minimum atomic E-state index is -0.556. The number of unbranched alkanes of at least 4 members (excludes halogenated alkanes) is 9. The van der Waals surface area contributed by atoms with Gasteiger partial charge in [-0.1, -0.05) is 71.1 Å². The van der Waals surface area contributed by atoms with E-state index >= 15 is 0 Å². The highest BCUT2D eigenvalue weighted by atomic mass is 19.1. The Morgan fingerprint density at radius 2 is 1.52 bits per heavy atom. The van der Waals surface area contributed by atoms with Crippen molar-refractivity contribution in [1.29, 1.82) is 0 Å². The Hall–Kier alpha value is -0.960. The molecular weight excluding hydrogens is 265 g/mol. The molecule has 0 spiro atoms. The fourth-order valence-electron chi connectivity index (χ4n) is 2.56. The molecule has 0 saturated carbocycles. The average Bonchev–Trinajstić information content (AvgIpc) is 2.49. The monoisotopic (exact) mass is 295 g/mol. The van der Waals surface area contributed by atoms with Crippen molar-refractivity contribution in [1.82, 2.24) is 4.98 Å². The van der Waals surface area contributed by atoms with E-state index in [-0.39, 0.29) is 5.82 Å². The molecule has 0 saturated heterocycles. The highest BCUT2D eigenvalue weighted by Gasteiger charge is 2.08. The van der Waals surface area contributed by atoms with Crippen molar-refractivity contribution in [3.8, 4) is 0 Å². The number of aromatic nitrogens is 1. The first kappa shape index (κ1) is 18.1. The van der Waals surface area contributed by atoms with E-state index in [1.54, 1.807) is 6.07 Å². The minimum absolute atomic E-state index is 0.357. The summed E-state index contributed by atoms with van der Waals surface area (Å²) in [7, 11) is 0. The van der Waals surface area contributed by atoms with Gasteiger partial charge >= 0.3 is 0 Å². The van der Waals surface area contributed by atoms with Crippen LogP contribution in [0, 0.1) is 5.82 Å². The molecule has 2 nitrogen and oxygen atoms in total. The Balaban J connectivity index is 1.95. The van der Waals surface area contributed by atoms with Gasteiger partial charge in [-0.2, -0.15) is 0 Å². The zero-order valence-electron chi connectivity index (χ0n) is 13.4. The Labute approximate surface area is 128 Å². The Kier molecular flexibility index (Phi) is 10.1. The summed E-state index contributed by atoms with van der Waals surface area (Å²) in [5, 5.41) is 9.95. The van der Waals surface area contributed by atoms with Crippen LogP contribution in [0.4, 0.5) is 4.39 Å². The van der Waals surface area contributed by atoms with E-state index in [0.717, 1.165) is 25.5 Å². The number of nitrogens with zero attached hydrogens (tertiary/aromatic N) is 1. The number of aliphatic hydroxyl groups excluding tert-OH is 1. The lowest BCUT2D eigenvalue weighted by Gasteiger charge is -2.09. The second-order valence-corrected chi connectivity index (χ2v) is 5.89. The molecule has 1 rings (SSSR count). The van der Waals surface area contributed by atoms with Gasteiger partial charge < -0.3 is 5.11 Å². The smallest absolute Gasteiger partial charge is 0.141 e. The van der Waals surface area contributed by atoms with E-state index in [1.807, 2.05) is 0 Å². The van der Waals surface area contributed by atoms with Crippen molar-refractivity contribution in [3.63, 3.8) is 0 Å². The molecule has 1 aromatic heterocycles. The summed E-state index contributed by atoms with van der Waals surface area (Å²) in [6, 6.07) is 2.92. The first-order chi connectivity index (χ1) is 10.2. The second kappa shape index (κ2) is 11.7. The summed E-state index contributed by atoms with van der Waals surface area (Å²) in [6.07, 6.45) is 14.2. The van der Waals surface area contributed by atoms with Crippen LogP contribution in [0.3, 0.4) is 0 Å². The predicted octanol–water partition coefficient (Wildman–Crippen LogP) is 5.57. The normalized spacial score (nSPS) is 12.5. The van der Waals surface area contributed by atoms with Crippen LogP contribution in [0.5, 0.6) is 0 Å². The van der Waals surface area contributed by atoms with Crippen LogP contribution in [0.2, 0.25) is 0 Å². The fourth-order valence-corrected chi connectivity index (χ4v) is 2.56. The molecule has 1 N–H and O–H groups in total. The molecule has 1 unspecified atom stereocenters. The predicted molar refractivity (Wildman–Crippen MR) is 85.6 cm³/mol. The Bertz CT molecular complexity index is 353. The third-order valence-electron chi connectivity index (χ3n) is 3.92. The summed E-state index contributed by atoms with van der Waals surface area (Å²) in [5.74, 6) is -0.357. The topological polar surface area (TPSA) is 33.1 Å². The average molecular weight is 295 g/mol. The van der Waals surface area contributed by atoms with Crippen LogP contribution in [0.1, 0.15) is 89.4 Å². The summed E-state index contributed by atoms with van der Waals surface area (Å²) < 4.78 is 12.7. The SMILES string of the molecule is CCCCCCCCCCCCC(O)c1ccc(F)cn1. The molecule has 0 fully saturated rings. The van der Waals surface area contributed by atoms with Crippen molar-refractivity contribution in [3.05, 3.63) is 29.8 Å². The van der Waals surface area contributed by atoms with Gasteiger partial charge in [-0.15, -0.1) is 0 Å². The number of aliphatic hydroxyl groups is 1. The number of halogens is 1. The van der Waals surface area contributed by atoms with Gasteiger partial charge in [0.2, 0.25) is 0 Å². The maximum absolute atomic E-state index is 12.7. The van der Waals surface area contributed by atoms with Crippen LogP contribution in [0.25, 0.3) is 0 Å². The van der Waals surface area contributed by atoms with Crippen LogP contribution >= 0.6 is 0 Å². The first-order valence-electron chi connectivity index (χ1n) is 8.53. The zero-order valence-corrected chi connectivity index (χ0v) is 13.4. The molecule has 1 heterocycles. The molecule has 1 aromatic rings. The van der Waals surface area contributed by atoms with Gasteiger partial charge in [-0.05, 0) is 18.6 Å². The molecule has 3 heteroatoms. The highest BCUT2D eigenvalue weighted by Crippen LogP contribution is 2.19. The molecule has 0 aliphatic carbocycles. The number of rotatable bonds is 12. The minimum Gasteiger partial charge on any atom is -0.387 e. The molecule has 120 valence electrons. The third-order valence-corrected chi connectivity index (χ3v) is 3.92. The van der Waals surface area contributed by atoms with E-state index in [2.05, 4.69) is 11.9 Å². The van der Waals surface area contributed by atoms with E-state index in [4.69, 9.17) is 0 Å². The van der Waals surface area contributed by atoms with E-state index < -0.39 is 6.10 Å². The lowest BCUT2D eigenvalue weighted by molar-refractivity contribution is 0.158. The number of pyridine rings is 1. The summed E-state index contributed by atoms with van der Waals surface area (Å²) in [4.78, 5) is 3.92. The van der Waals surface area contributed by atoms with Gasteiger partial charge in [0.15, 0.2) is 0 Å². The van der Waals surface area contributed by atoms with Crippen molar-refractivity contribution in [2.45, 2.75) is 83.7 Å². The molecule has 0 amide bonds. The van der Waals surface area contributed by atoms with Crippen molar-refractivity contribution < 1.29 is 9.50 Å². The van der Waals surface area contributed by atoms with Gasteiger partial charge in [-0.25, -0.2) is 4.39 Å². The van der Waals surface area contributed by atoms with Crippen LogP contribution in [-0.4, -0.2) is 10.1 Å². The van der Waals surface area contributed by atoms with Gasteiger partial charge in [-0.3, -0.25) is 4.98 Å². The summed E-state index contributed by atoms with van der Waals surface area (Å²) >= 11 is 0. The highest BCUT2D eigenvalue weighted by molar-refractivity contribution is 5.07. The van der Waals surface area contributed by atoms with Gasteiger partial charge in [0.1, 0.15) is 5.82 Å². The van der Waals surface area contributed by atoms with Crippen molar-refractivity contribution in [2.75, 3.05) is 0 Å². The van der Waals surface area contributed by atoms with Gasteiger partial charge in [0, 0.05) is 0 Å². The second-order valence-electron chi connectivity index (χ2n) is 5.89. The van der Waals surface area contributed by atoms with Crippen molar-refractivity contribution in [2.24, 2.45) is 0 Å². The maximum Gasteiger partial charge on any atom is 0.141 e. The standard InChI is InChI=1S/C18H30FNO/c1-2-3-4-5-6-7-8-9-10-11-12-18(21)17-14-13-16(19)15-20-17/h13-15,18,21H,2-12H2,1H3. The van der Waals surface area contributed by atoms with E-state index in [0.29, 0.717) is 5.69 Å². The molecule has 0 aromatic carbocycles. The fraction of sp³-hybridized carbons (Fsp3) is 0.722. The Morgan fingerprint density at radius 3 is 2.05 bits per heavy atom. The number of hydrogen-bond acceptors (Lipinski definition) is 2. The molecule has 21 heavy (non-hydrogen) atoms. The summed E-state index contributed by atoms with van der Waals surface area (Å²) in [5.41, 5.74) is 0.576. The van der Waals surface area contributed by atoms with Crippen molar-refractivity contribution >= 4 is 0 Å². The molecule has 0 aliphatic heterocycles. The third kappa shape index (κ3) is 8.82. The van der Waals surface area contributed by atoms with E-state index in [1.165, 1.54) is 57.4 Å². The lowest BCUT2D eigenvalue weighted by Crippen LogP contribution is -2.00.